The smallest absolute Gasteiger partial charge is 0.267 e. The van der Waals surface area contributed by atoms with Crippen LogP contribution in [-0.2, 0) is 19.6 Å². The Bertz CT molecular complexity index is 758. The molecular weight excluding hydrogens is 332 g/mol. The van der Waals surface area contributed by atoms with E-state index in [2.05, 4.69) is 5.32 Å². The lowest BCUT2D eigenvalue weighted by Gasteiger charge is -2.24. The summed E-state index contributed by atoms with van der Waals surface area (Å²) in [5, 5.41) is 2.67. The van der Waals surface area contributed by atoms with E-state index in [1.165, 1.54) is 25.3 Å². The summed E-state index contributed by atoms with van der Waals surface area (Å²) in [5.74, 6) is -0.465. The molecule has 0 spiro atoms. The van der Waals surface area contributed by atoms with Crippen LogP contribution in [0.2, 0.25) is 0 Å². The van der Waals surface area contributed by atoms with E-state index < -0.39 is 27.9 Å². The minimum atomic E-state index is -4.10. The fourth-order valence-corrected chi connectivity index (χ4v) is 4.39. The van der Waals surface area contributed by atoms with Gasteiger partial charge in [0.1, 0.15) is 11.8 Å². The second-order valence-corrected chi connectivity index (χ2v) is 7.86. The monoisotopic (exact) mass is 354 g/mol. The van der Waals surface area contributed by atoms with Crippen molar-refractivity contribution in [2.24, 2.45) is 0 Å². The van der Waals surface area contributed by atoms with E-state index in [-0.39, 0.29) is 23.8 Å². The zero-order chi connectivity index (χ0) is 18.1. The van der Waals surface area contributed by atoms with Crippen LogP contribution in [0.4, 0.5) is 0 Å². The highest BCUT2D eigenvalue weighted by atomic mass is 32.2. The molecule has 0 saturated carbocycles. The van der Waals surface area contributed by atoms with Crippen molar-refractivity contribution in [3.63, 3.8) is 0 Å². The van der Waals surface area contributed by atoms with Crippen molar-refractivity contribution in [3.05, 3.63) is 23.8 Å². The molecule has 1 aliphatic heterocycles. The second kappa shape index (κ2) is 6.80. The molecule has 1 N–H and O–H groups in total. The molecule has 1 aromatic carbocycles. The van der Waals surface area contributed by atoms with Crippen LogP contribution in [-0.4, -0.2) is 43.7 Å². The molecule has 8 heteroatoms. The molecule has 1 aliphatic rings. The fourth-order valence-electron chi connectivity index (χ4n) is 2.71. The largest absolute Gasteiger partial charge is 0.496 e. The van der Waals surface area contributed by atoms with Crippen molar-refractivity contribution in [2.75, 3.05) is 7.11 Å². The summed E-state index contributed by atoms with van der Waals surface area (Å²) >= 11 is 0. The minimum Gasteiger partial charge on any atom is -0.496 e. The van der Waals surface area contributed by atoms with Crippen molar-refractivity contribution in [2.45, 2.75) is 50.6 Å². The molecule has 1 heterocycles. The van der Waals surface area contributed by atoms with Crippen LogP contribution < -0.4 is 10.1 Å². The molecule has 2 amide bonds. The SMILES string of the molecule is COc1ccc(S(=O)(=O)N2C(=O)CC[C@H]2C(=O)NC(C)C)cc1C. The Balaban J connectivity index is 2.40. The number of methoxy groups -OCH3 is 1. The average molecular weight is 354 g/mol. The van der Waals surface area contributed by atoms with Crippen molar-refractivity contribution >= 4 is 21.8 Å². The van der Waals surface area contributed by atoms with Crippen LogP contribution in [0.25, 0.3) is 0 Å². The quantitative estimate of drug-likeness (QED) is 0.858. The lowest BCUT2D eigenvalue weighted by Crippen LogP contribution is -2.48. The number of benzene rings is 1. The number of amides is 2. The molecular formula is C16H22N2O5S. The molecule has 7 nitrogen and oxygen atoms in total. The number of nitrogens with zero attached hydrogens (tertiary/aromatic N) is 1. The van der Waals surface area contributed by atoms with E-state index in [0.717, 1.165) is 0 Å². The fraction of sp³-hybridized carbons (Fsp3) is 0.500. The summed E-state index contributed by atoms with van der Waals surface area (Å²) in [6, 6.07) is 3.21. The van der Waals surface area contributed by atoms with Crippen LogP contribution in [0.15, 0.2) is 23.1 Å². The molecule has 1 saturated heterocycles. The zero-order valence-electron chi connectivity index (χ0n) is 14.2. The number of rotatable bonds is 5. The van der Waals surface area contributed by atoms with Crippen molar-refractivity contribution < 1.29 is 22.7 Å². The Morgan fingerprint density at radius 2 is 2.04 bits per heavy atom. The number of aryl methyl sites for hydroxylation is 1. The van der Waals surface area contributed by atoms with Crippen LogP contribution in [0.3, 0.4) is 0 Å². The lowest BCUT2D eigenvalue weighted by atomic mass is 10.2. The Labute approximate surface area is 142 Å². The normalized spacial score (nSPS) is 18.1. The summed E-state index contributed by atoms with van der Waals surface area (Å²) in [4.78, 5) is 24.4. The first-order valence-corrected chi connectivity index (χ1v) is 9.14. The van der Waals surface area contributed by atoms with Gasteiger partial charge in [-0.25, -0.2) is 12.7 Å². The maximum atomic E-state index is 12.9. The predicted molar refractivity (Wildman–Crippen MR) is 88.1 cm³/mol. The lowest BCUT2D eigenvalue weighted by molar-refractivity contribution is -0.130. The number of sulfonamides is 1. The summed E-state index contributed by atoms with van der Waals surface area (Å²) < 4.78 is 31.6. The Kier molecular flexibility index (Phi) is 5.17. The van der Waals surface area contributed by atoms with Crippen molar-refractivity contribution in [1.29, 1.82) is 0 Å². The molecule has 2 rings (SSSR count). The summed E-state index contributed by atoms with van der Waals surface area (Å²) in [6.45, 7) is 5.27. The third kappa shape index (κ3) is 3.38. The van der Waals surface area contributed by atoms with Gasteiger partial charge in [0.25, 0.3) is 10.0 Å². The molecule has 0 unspecified atom stereocenters. The molecule has 24 heavy (non-hydrogen) atoms. The topological polar surface area (TPSA) is 92.8 Å². The molecule has 1 atom stereocenters. The number of ether oxygens (including phenoxy) is 1. The highest BCUT2D eigenvalue weighted by Gasteiger charge is 2.44. The zero-order valence-corrected chi connectivity index (χ0v) is 15.0. The molecule has 0 aliphatic carbocycles. The third-order valence-electron chi connectivity index (χ3n) is 3.82. The Hall–Kier alpha value is -2.09. The van der Waals surface area contributed by atoms with Crippen molar-refractivity contribution in [3.8, 4) is 5.75 Å². The van der Waals surface area contributed by atoms with Gasteiger partial charge in [-0.15, -0.1) is 0 Å². The average Bonchev–Trinajstić information content (AvgIpc) is 2.89. The number of hydrogen-bond donors (Lipinski definition) is 1. The first-order valence-electron chi connectivity index (χ1n) is 7.70. The molecule has 132 valence electrons. The van der Waals surface area contributed by atoms with Gasteiger partial charge in [-0.3, -0.25) is 9.59 Å². The Morgan fingerprint density at radius 1 is 1.38 bits per heavy atom. The van der Waals surface area contributed by atoms with Crippen LogP contribution in [0.1, 0.15) is 32.3 Å². The second-order valence-electron chi connectivity index (χ2n) is 6.04. The van der Waals surface area contributed by atoms with Crippen LogP contribution in [0.5, 0.6) is 5.75 Å². The maximum absolute atomic E-state index is 12.9. The van der Waals surface area contributed by atoms with E-state index in [1.807, 2.05) is 0 Å². The number of carbonyl (C=O) groups excluding carboxylic acids is 2. The molecule has 0 bridgehead atoms. The van der Waals surface area contributed by atoms with E-state index in [9.17, 15) is 18.0 Å². The first-order chi connectivity index (χ1) is 11.2. The summed E-state index contributed by atoms with van der Waals surface area (Å²) in [6.07, 6.45) is 0.219. The maximum Gasteiger partial charge on any atom is 0.267 e. The van der Waals surface area contributed by atoms with Crippen LogP contribution in [0, 0.1) is 6.92 Å². The number of nitrogens with one attached hydrogen (secondary N) is 1. The number of hydrogen-bond acceptors (Lipinski definition) is 5. The van der Waals surface area contributed by atoms with Gasteiger partial charge < -0.3 is 10.1 Å². The standard InChI is InChI=1S/C16H22N2O5S/c1-10(2)17-16(20)13-6-8-15(19)18(13)24(21,22)12-5-7-14(23-4)11(3)9-12/h5,7,9-10,13H,6,8H2,1-4H3,(H,17,20)/t13-/m0/s1. The van der Waals surface area contributed by atoms with E-state index in [1.54, 1.807) is 20.8 Å². The van der Waals surface area contributed by atoms with Crippen molar-refractivity contribution in [1.82, 2.24) is 9.62 Å². The van der Waals surface area contributed by atoms with Gasteiger partial charge in [0.15, 0.2) is 0 Å². The predicted octanol–water partition coefficient (Wildman–Crippen LogP) is 1.21. The Morgan fingerprint density at radius 3 is 2.58 bits per heavy atom. The van der Waals surface area contributed by atoms with Gasteiger partial charge >= 0.3 is 0 Å². The minimum absolute atomic E-state index is 0.0293. The van der Waals surface area contributed by atoms with Gasteiger partial charge in [-0.2, -0.15) is 0 Å². The number of carbonyl (C=O) groups is 2. The van der Waals surface area contributed by atoms with E-state index in [4.69, 9.17) is 4.74 Å². The molecule has 1 fully saturated rings. The van der Waals surface area contributed by atoms with E-state index >= 15 is 0 Å². The summed E-state index contributed by atoms with van der Waals surface area (Å²) in [5.41, 5.74) is 0.633. The van der Waals surface area contributed by atoms with E-state index in [0.29, 0.717) is 15.6 Å². The highest BCUT2D eigenvalue weighted by Crippen LogP contribution is 2.29. The van der Waals surface area contributed by atoms with Gasteiger partial charge in [0.05, 0.1) is 12.0 Å². The molecule has 0 radical (unpaired) electrons. The third-order valence-corrected chi connectivity index (χ3v) is 5.64. The van der Waals surface area contributed by atoms with Crippen LogP contribution >= 0.6 is 0 Å². The molecule has 1 aromatic rings. The van der Waals surface area contributed by atoms with Gasteiger partial charge in [-0.1, -0.05) is 0 Å². The van der Waals surface area contributed by atoms with Gasteiger partial charge in [0.2, 0.25) is 11.8 Å². The molecule has 0 aromatic heterocycles. The summed E-state index contributed by atoms with van der Waals surface area (Å²) in [7, 11) is -2.61. The van der Waals surface area contributed by atoms with Gasteiger partial charge in [-0.05, 0) is 51.0 Å². The highest BCUT2D eigenvalue weighted by molar-refractivity contribution is 7.89. The first kappa shape index (κ1) is 18.3. The van der Waals surface area contributed by atoms with Gasteiger partial charge in [0, 0.05) is 12.5 Å².